The third-order valence-electron chi connectivity index (χ3n) is 3.88. The molecule has 0 aliphatic rings. The second kappa shape index (κ2) is 10.5. The number of carbonyl (C=O) groups excluding carboxylic acids is 2. The van der Waals surface area contributed by atoms with Crippen LogP contribution in [0.3, 0.4) is 0 Å². The van der Waals surface area contributed by atoms with Gasteiger partial charge in [-0.2, -0.15) is 0 Å². The Morgan fingerprint density at radius 3 is 2.04 bits per heavy atom. The average molecular weight is 514 g/mol. The van der Waals surface area contributed by atoms with Crippen LogP contribution in [-0.4, -0.2) is 25.0 Å². The summed E-state index contributed by atoms with van der Waals surface area (Å²) in [5.41, 5.74) is 7.60. The van der Waals surface area contributed by atoms with Gasteiger partial charge in [0.25, 0.3) is 11.8 Å². The predicted octanol–water partition coefficient (Wildman–Crippen LogP) is 4.00. The van der Waals surface area contributed by atoms with Crippen LogP contribution < -0.4 is 20.3 Å². The van der Waals surface area contributed by atoms with Crippen molar-refractivity contribution in [3.05, 3.63) is 56.0 Å². The summed E-state index contributed by atoms with van der Waals surface area (Å²) in [7, 11) is 0. The first-order valence-corrected chi connectivity index (χ1v) is 10.3. The predicted molar refractivity (Wildman–Crippen MR) is 114 cm³/mol. The lowest BCUT2D eigenvalue weighted by atomic mass is 10.1. The molecule has 0 atom stereocenters. The number of halogens is 2. The van der Waals surface area contributed by atoms with E-state index in [1.54, 1.807) is 6.07 Å². The number of rotatable bonds is 7. The van der Waals surface area contributed by atoms with Gasteiger partial charge in [0.05, 0.1) is 4.47 Å². The topological polar surface area (TPSA) is 76.7 Å². The number of benzene rings is 2. The Morgan fingerprint density at radius 1 is 0.929 bits per heavy atom. The van der Waals surface area contributed by atoms with Gasteiger partial charge in [0.2, 0.25) is 0 Å². The SMILES string of the molecule is CCc1ccc(OCC(=O)NNC(=O)COc2c(C)cc(Br)cc2C)c(Br)c1. The van der Waals surface area contributed by atoms with Crippen LogP contribution in [0, 0.1) is 13.8 Å². The number of ether oxygens (including phenoxy) is 2. The largest absolute Gasteiger partial charge is 0.483 e. The summed E-state index contributed by atoms with van der Waals surface area (Å²) in [4.78, 5) is 23.8. The maximum absolute atomic E-state index is 11.9. The van der Waals surface area contributed by atoms with Crippen LogP contribution in [0.5, 0.6) is 11.5 Å². The van der Waals surface area contributed by atoms with E-state index >= 15 is 0 Å². The summed E-state index contributed by atoms with van der Waals surface area (Å²) < 4.78 is 12.7. The summed E-state index contributed by atoms with van der Waals surface area (Å²) in [5.74, 6) is 0.260. The Bertz CT molecular complexity index is 848. The lowest BCUT2D eigenvalue weighted by molar-refractivity contribution is -0.131. The number of hydrazine groups is 1. The molecule has 0 aromatic heterocycles. The van der Waals surface area contributed by atoms with E-state index in [1.807, 2.05) is 38.1 Å². The van der Waals surface area contributed by atoms with Crippen LogP contribution in [0.1, 0.15) is 23.6 Å². The van der Waals surface area contributed by atoms with Gasteiger partial charge in [-0.25, -0.2) is 0 Å². The van der Waals surface area contributed by atoms with Crippen LogP contribution >= 0.6 is 31.9 Å². The summed E-state index contributed by atoms with van der Waals surface area (Å²) in [6, 6.07) is 9.49. The number of amides is 2. The molecule has 28 heavy (non-hydrogen) atoms. The van der Waals surface area contributed by atoms with Crippen molar-refractivity contribution in [2.75, 3.05) is 13.2 Å². The van der Waals surface area contributed by atoms with E-state index in [4.69, 9.17) is 9.47 Å². The Balaban J connectivity index is 1.76. The van der Waals surface area contributed by atoms with Gasteiger partial charge in [-0.15, -0.1) is 0 Å². The third kappa shape index (κ3) is 6.53. The minimum atomic E-state index is -0.476. The summed E-state index contributed by atoms with van der Waals surface area (Å²) in [5, 5.41) is 0. The average Bonchev–Trinajstić information content (AvgIpc) is 2.64. The molecule has 6 nitrogen and oxygen atoms in total. The first-order valence-electron chi connectivity index (χ1n) is 8.68. The number of carbonyl (C=O) groups is 2. The summed E-state index contributed by atoms with van der Waals surface area (Å²) in [6.07, 6.45) is 0.909. The molecule has 0 saturated carbocycles. The van der Waals surface area contributed by atoms with E-state index in [1.165, 1.54) is 0 Å². The molecule has 150 valence electrons. The van der Waals surface area contributed by atoms with Crippen molar-refractivity contribution in [3.63, 3.8) is 0 Å². The molecule has 0 saturated heterocycles. The fourth-order valence-corrected chi connectivity index (χ4v) is 3.73. The first-order chi connectivity index (χ1) is 13.3. The highest BCUT2D eigenvalue weighted by Crippen LogP contribution is 2.27. The van der Waals surface area contributed by atoms with Gasteiger partial charge in [0.15, 0.2) is 13.2 Å². The number of hydrogen-bond donors (Lipinski definition) is 2. The zero-order chi connectivity index (χ0) is 20.7. The zero-order valence-corrected chi connectivity index (χ0v) is 19.1. The molecule has 0 aliphatic carbocycles. The molecule has 0 heterocycles. The molecule has 8 heteroatoms. The summed E-state index contributed by atoms with van der Waals surface area (Å²) in [6.45, 7) is 5.41. The molecule has 0 radical (unpaired) electrons. The van der Waals surface area contributed by atoms with Crippen molar-refractivity contribution in [2.45, 2.75) is 27.2 Å². The van der Waals surface area contributed by atoms with Crippen LogP contribution in [0.15, 0.2) is 39.3 Å². The number of aryl methyl sites for hydroxylation is 3. The van der Waals surface area contributed by atoms with E-state index < -0.39 is 11.8 Å². The molecule has 0 fully saturated rings. The van der Waals surface area contributed by atoms with Gasteiger partial charge in [-0.1, -0.05) is 28.9 Å². The highest BCUT2D eigenvalue weighted by molar-refractivity contribution is 9.10. The van der Waals surface area contributed by atoms with Crippen LogP contribution in [0.2, 0.25) is 0 Å². The lowest BCUT2D eigenvalue weighted by Crippen LogP contribution is -2.45. The van der Waals surface area contributed by atoms with Crippen LogP contribution in [0.4, 0.5) is 0 Å². The van der Waals surface area contributed by atoms with E-state index in [0.717, 1.165) is 32.1 Å². The molecule has 0 aliphatic heterocycles. The van der Waals surface area contributed by atoms with E-state index in [9.17, 15) is 9.59 Å². The monoisotopic (exact) mass is 512 g/mol. The number of hydrogen-bond acceptors (Lipinski definition) is 4. The van der Waals surface area contributed by atoms with E-state index in [-0.39, 0.29) is 13.2 Å². The molecule has 2 rings (SSSR count). The van der Waals surface area contributed by atoms with Crippen molar-refractivity contribution < 1.29 is 19.1 Å². The Morgan fingerprint density at radius 2 is 1.50 bits per heavy atom. The van der Waals surface area contributed by atoms with Crippen molar-refractivity contribution >= 4 is 43.7 Å². The van der Waals surface area contributed by atoms with Crippen LogP contribution in [-0.2, 0) is 16.0 Å². The highest BCUT2D eigenvalue weighted by Gasteiger charge is 2.11. The van der Waals surface area contributed by atoms with Gasteiger partial charge >= 0.3 is 0 Å². The lowest BCUT2D eigenvalue weighted by Gasteiger charge is -2.13. The highest BCUT2D eigenvalue weighted by atomic mass is 79.9. The minimum absolute atomic E-state index is 0.214. The van der Waals surface area contributed by atoms with Gasteiger partial charge in [-0.3, -0.25) is 20.4 Å². The standard InChI is InChI=1S/C20H22Br2N2O4/c1-4-14-5-6-17(16(22)9-14)27-10-18(25)23-24-19(26)11-28-20-12(2)7-15(21)8-13(20)3/h5-9H,4,10-11H2,1-3H3,(H,23,25)(H,24,26). The van der Waals surface area contributed by atoms with Gasteiger partial charge in [-0.05, 0) is 77.2 Å². The van der Waals surface area contributed by atoms with Gasteiger partial charge in [0.1, 0.15) is 11.5 Å². The molecular formula is C20H22Br2N2O4. The quantitative estimate of drug-likeness (QED) is 0.549. The molecule has 2 amide bonds. The molecule has 2 N–H and O–H groups in total. The maximum Gasteiger partial charge on any atom is 0.276 e. The fourth-order valence-electron chi connectivity index (χ4n) is 2.50. The smallest absolute Gasteiger partial charge is 0.276 e. The maximum atomic E-state index is 11.9. The molecule has 0 unspecified atom stereocenters. The molecule has 0 bridgehead atoms. The Hall–Kier alpha value is -2.06. The van der Waals surface area contributed by atoms with Gasteiger partial charge < -0.3 is 9.47 Å². The first kappa shape index (κ1) is 22.2. The molecule has 0 spiro atoms. The molecule has 2 aromatic rings. The van der Waals surface area contributed by atoms with Gasteiger partial charge in [0, 0.05) is 4.47 Å². The fraction of sp³-hybridized carbons (Fsp3) is 0.300. The zero-order valence-electron chi connectivity index (χ0n) is 15.9. The normalized spacial score (nSPS) is 10.3. The number of nitrogens with one attached hydrogen (secondary N) is 2. The second-order valence-corrected chi connectivity index (χ2v) is 7.93. The second-order valence-electron chi connectivity index (χ2n) is 6.16. The van der Waals surface area contributed by atoms with Crippen LogP contribution in [0.25, 0.3) is 0 Å². The molecular weight excluding hydrogens is 492 g/mol. The van der Waals surface area contributed by atoms with Crippen molar-refractivity contribution in [1.82, 2.24) is 10.9 Å². The van der Waals surface area contributed by atoms with Crippen molar-refractivity contribution in [3.8, 4) is 11.5 Å². The van der Waals surface area contributed by atoms with E-state index in [2.05, 4.69) is 49.6 Å². The Labute approximate surface area is 181 Å². The van der Waals surface area contributed by atoms with Crippen molar-refractivity contribution in [2.24, 2.45) is 0 Å². The van der Waals surface area contributed by atoms with Crippen molar-refractivity contribution in [1.29, 1.82) is 0 Å². The third-order valence-corrected chi connectivity index (χ3v) is 4.95. The Kier molecular flexibility index (Phi) is 8.32. The minimum Gasteiger partial charge on any atom is -0.483 e. The molecule has 2 aromatic carbocycles. The summed E-state index contributed by atoms with van der Waals surface area (Å²) >= 11 is 6.83. The van der Waals surface area contributed by atoms with E-state index in [0.29, 0.717) is 11.5 Å².